The molecule has 0 amide bonds. The van der Waals surface area contributed by atoms with E-state index in [9.17, 15) is 8.42 Å². The van der Waals surface area contributed by atoms with E-state index in [0.717, 1.165) is 0 Å². The fourth-order valence-corrected chi connectivity index (χ4v) is 4.34. The van der Waals surface area contributed by atoms with E-state index < -0.39 is 26.5 Å². The van der Waals surface area contributed by atoms with Gasteiger partial charge in [-0.15, -0.1) is 11.6 Å². The Labute approximate surface area is 140 Å². The molecule has 1 heterocycles. The molecule has 0 spiro atoms. The average molecular weight is 348 g/mol. The molecule has 7 heteroatoms. The van der Waals surface area contributed by atoms with E-state index in [1.54, 1.807) is 37.4 Å². The number of hydrogen-bond donors (Lipinski definition) is 0. The molecule has 1 aromatic carbocycles. The number of allylic oxidation sites excluding steroid dienone is 2. The van der Waals surface area contributed by atoms with Crippen LogP contribution in [-0.4, -0.2) is 24.1 Å². The van der Waals surface area contributed by atoms with Gasteiger partial charge in [-0.3, -0.25) is 0 Å². The molecule has 0 fully saturated rings. The molecule has 1 aliphatic rings. The zero-order valence-corrected chi connectivity index (χ0v) is 13.9. The Balaban J connectivity index is 2.28. The van der Waals surface area contributed by atoms with Crippen LogP contribution < -0.4 is 0 Å². The van der Waals surface area contributed by atoms with E-state index in [1.807, 2.05) is 12.1 Å². The molecular formula is C16H14ClN3O2S. The van der Waals surface area contributed by atoms with Crippen LogP contribution in [0.1, 0.15) is 6.92 Å². The van der Waals surface area contributed by atoms with Crippen molar-refractivity contribution in [1.82, 2.24) is 4.90 Å². The van der Waals surface area contributed by atoms with E-state index in [1.165, 1.54) is 23.2 Å². The summed E-state index contributed by atoms with van der Waals surface area (Å²) in [6.45, 7) is 1.73. The Morgan fingerprint density at radius 3 is 2.35 bits per heavy atom. The van der Waals surface area contributed by atoms with E-state index in [2.05, 4.69) is 0 Å². The van der Waals surface area contributed by atoms with Crippen LogP contribution in [0.2, 0.25) is 0 Å². The molecule has 0 aliphatic carbocycles. The predicted octanol–water partition coefficient (Wildman–Crippen LogP) is 2.79. The molecule has 2 rings (SSSR count). The SMILES string of the molecule is CC1=CN(C(C#N)C#N)C=CC1C(Cl)S(=O)(=O)c1ccccc1. The lowest BCUT2D eigenvalue weighted by molar-refractivity contribution is 0.473. The van der Waals surface area contributed by atoms with E-state index >= 15 is 0 Å². The Kier molecular flexibility index (Phi) is 5.10. The lowest BCUT2D eigenvalue weighted by atomic mass is 10.0. The molecule has 0 radical (unpaired) electrons. The second-order valence-electron chi connectivity index (χ2n) is 5.06. The van der Waals surface area contributed by atoms with E-state index in [4.69, 9.17) is 22.1 Å². The Bertz CT molecular complexity index is 805. The lowest BCUT2D eigenvalue weighted by Gasteiger charge is -2.28. The van der Waals surface area contributed by atoms with Crippen LogP contribution in [0.25, 0.3) is 0 Å². The minimum absolute atomic E-state index is 0.163. The highest BCUT2D eigenvalue weighted by atomic mass is 35.5. The van der Waals surface area contributed by atoms with Crippen LogP contribution in [0.3, 0.4) is 0 Å². The summed E-state index contributed by atoms with van der Waals surface area (Å²) < 4.78 is 24.0. The van der Waals surface area contributed by atoms with Crippen LogP contribution in [0.4, 0.5) is 0 Å². The Hall–Kier alpha value is -2.28. The number of benzene rings is 1. The molecule has 0 bridgehead atoms. The summed E-state index contributed by atoms with van der Waals surface area (Å²) in [4.78, 5) is 1.60. The molecule has 23 heavy (non-hydrogen) atoms. The molecule has 1 aliphatic heterocycles. The average Bonchev–Trinajstić information content (AvgIpc) is 2.56. The van der Waals surface area contributed by atoms with Crippen molar-refractivity contribution in [3.63, 3.8) is 0 Å². The smallest absolute Gasteiger partial charge is 0.208 e. The van der Waals surface area contributed by atoms with Gasteiger partial charge in [0, 0.05) is 18.3 Å². The number of sulfone groups is 1. The van der Waals surface area contributed by atoms with Gasteiger partial charge in [0.05, 0.1) is 4.90 Å². The normalized spacial score (nSPS) is 18.9. The maximum absolute atomic E-state index is 12.6. The summed E-state index contributed by atoms with van der Waals surface area (Å²) >= 11 is 6.25. The Morgan fingerprint density at radius 1 is 1.22 bits per heavy atom. The van der Waals surface area contributed by atoms with Crippen LogP contribution in [0.15, 0.2) is 59.3 Å². The number of halogens is 1. The van der Waals surface area contributed by atoms with Gasteiger partial charge in [-0.05, 0) is 24.6 Å². The second kappa shape index (κ2) is 6.87. The molecular weight excluding hydrogens is 334 g/mol. The van der Waals surface area contributed by atoms with Crippen LogP contribution in [0, 0.1) is 28.6 Å². The minimum atomic E-state index is -3.70. The van der Waals surface area contributed by atoms with Gasteiger partial charge < -0.3 is 4.90 Å². The first-order valence-corrected chi connectivity index (χ1v) is 8.76. The number of rotatable bonds is 4. The quantitative estimate of drug-likeness (QED) is 0.782. The number of alkyl halides is 1. The zero-order chi connectivity index (χ0) is 17.0. The fourth-order valence-electron chi connectivity index (χ4n) is 2.26. The van der Waals surface area contributed by atoms with Crippen molar-refractivity contribution in [2.45, 2.75) is 22.6 Å². The summed E-state index contributed by atoms with van der Waals surface area (Å²) in [5.74, 6) is -0.531. The first-order valence-electron chi connectivity index (χ1n) is 6.78. The summed E-state index contributed by atoms with van der Waals surface area (Å²) in [6.07, 6.45) is 4.71. The Morgan fingerprint density at radius 2 is 1.83 bits per heavy atom. The zero-order valence-electron chi connectivity index (χ0n) is 12.3. The maximum Gasteiger partial charge on any atom is 0.208 e. The third kappa shape index (κ3) is 3.39. The van der Waals surface area contributed by atoms with Crippen molar-refractivity contribution >= 4 is 21.4 Å². The van der Waals surface area contributed by atoms with Crippen molar-refractivity contribution < 1.29 is 8.42 Å². The van der Waals surface area contributed by atoms with Crippen LogP contribution >= 0.6 is 11.6 Å². The van der Waals surface area contributed by atoms with Gasteiger partial charge in [0.25, 0.3) is 0 Å². The van der Waals surface area contributed by atoms with E-state index in [0.29, 0.717) is 5.57 Å². The van der Waals surface area contributed by atoms with Crippen molar-refractivity contribution in [3.8, 4) is 12.1 Å². The van der Waals surface area contributed by atoms with Crippen LogP contribution in [-0.2, 0) is 9.84 Å². The van der Waals surface area contributed by atoms with Gasteiger partial charge in [0.15, 0.2) is 9.84 Å². The molecule has 5 nitrogen and oxygen atoms in total. The molecule has 118 valence electrons. The predicted molar refractivity (Wildman–Crippen MR) is 86.5 cm³/mol. The fraction of sp³-hybridized carbons (Fsp3) is 0.250. The molecule has 0 saturated carbocycles. The molecule has 1 aromatic rings. The minimum Gasteiger partial charge on any atom is -0.327 e. The first kappa shape index (κ1) is 17.1. The van der Waals surface area contributed by atoms with Crippen molar-refractivity contribution in [2.24, 2.45) is 5.92 Å². The molecule has 0 saturated heterocycles. The van der Waals surface area contributed by atoms with Crippen molar-refractivity contribution in [3.05, 3.63) is 54.4 Å². The molecule has 0 aromatic heterocycles. The second-order valence-corrected chi connectivity index (χ2v) is 7.86. The van der Waals surface area contributed by atoms with Gasteiger partial charge in [-0.25, -0.2) is 8.42 Å². The van der Waals surface area contributed by atoms with Gasteiger partial charge in [0.2, 0.25) is 6.04 Å². The van der Waals surface area contributed by atoms with Gasteiger partial charge >= 0.3 is 0 Å². The van der Waals surface area contributed by atoms with Crippen LogP contribution in [0.5, 0.6) is 0 Å². The largest absolute Gasteiger partial charge is 0.327 e. The standard InChI is InChI=1S/C16H14ClN3O2S/c1-12-11-20(13(9-18)10-19)8-7-15(12)16(17)23(21,22)14-5-3-2-4-6-14/h2-8,11,13,15-16H,1H3. The number of nitrogens with zero attached hydrogens (tertiary/aromatic N) is 3. The molecule has 0 N–H and O–H groups in total. The van der Waals surface area contributed by atoms with E-state index in [-0.39, 0.29) is 4.90 Å². The van der Waals surface area contributed by atoms with Crippen molar-refractivity contribution in [1.29, 1.82) is 10.5 Å². The third-order valence-electron chi connectivity index (χ3n) is 3.54. The highest BCUT2D eigenvalue weighted by Crippen LogP contribution is 2.32. The van der Waals surface area contributed by atoms with Gasteiger partial charge in [-0.1, -0.05) is 24.3 Å². The topological polar surface area (TPSA) is 85.0 Å². The third-order valence-corrected chi connectivity index (χ3v) is 6.33. The summed E-state index contributed by atoms with van der Waals surface area (Å²) in [5.41, 5.74) is 0.669. The van der Waals surface area contributed by atoms with Gasteiger partial charge in [-0.2, -0.15) is 10.5 Å². The number of nitriles is 2. The molecule has 2 unspecified atom stereocenters. The first-order chi connectivity index (χ1) is 10.9. The van der Waals surface area contributed by atoms with Crippen molar-refractivity contribution in [2.75, 3.05) is 0 Å². The molecule has 2 atom stereocenters. The monoisotopic (exact) mass is 347 g/mol. The summed E-state index contributed by atoms with van der Waals surface area (Å²) in [6, 6.07) is 10.8. The maximum atomic E-state index is 12.6. The summed E-state index contributed by atoms with van der Waals surface area (Å²) in [5, 5.41) is 17.8. The van der Waals surface area contributed by atoms with Gasteiger partial charge in [0.1, 0.15) is 16.8 Å². The highest BCUT2D eigenvalue weighted by Gasteiger charge is 2.34. The number of hydrogen-bond acceptors (Lipinski definition) is 5. The highest BCUT2D eigenvalue weighted by molar-refractivity contribution is 7.93. The lowest BCUT2D eigenvalue weighted by Crippen LogP contribution is -2.31. The summed E-state index contributed by atoms with van der Waals surface area (Å²) in [7, 11) is -3.70.